The Bertz CT molecular complexity index is 174. The summed E-state index contributed by atoms with van der Waals surface area (Å²) in [7, 11) is 0. The first-order chi connectivity index (χ1) is 9.28. The lowest BCUT2D eigenvalue weighted by atomic mass is 10.1. The average molecular weight is 290 g/mol. The zero-order valence-corrected chi connectivity index (χ0v) is 14.4. The molecule has 0 saturated heterocycles. The van der Waals surface area contributed by atoms with Gasteiger partial charge in [-0.1, -0.05) is 53.4 Å². The van der Waals surface area contributed by atoms with Crippen LogP contribution in [-0.4, -0.2) is 42.3 Å². The first-order valence-electron chi connectivity index (χ1n) is 8.20. The lowest BCUT2D eigenvalue weighted by Gasteiger charge is -2.23. The molecule has 0 aliphatic heterocycles. The monoisotopic (exact) mass is 289 g/mol. The molecule has 0 N–H and O–H groups in total. The summed E-state index contributed by atoms with van der Waals surface area (Å²) in [6.45, 7) is 11.9. The van der Waals surface area contributed by atoms with Gasteiger partial charge < -0.3 is 4.74 Å². The van der Waals surface area contributed by atoms with Crippen molar-refractivity contribution >= 4 is 11.8 Å². The van der Waals surface area contributed by atoms with Crippen LogP contribution in [0.1, 0.15) is 66.2 Å². The second-order valence-electron chi connectivity index (χ2n) is 5.15. The van der Waals surface area contributed by atoms with Crippen molar-refractivity contribution in [2.24, 2.45) is 0 Å². The zero-order chi connectivity index (χ0) is 14.3. The van der Waals surface area contributed by atoms with Crippen molar-refractivity contribution < 1.29 is 4.74 Å². The average Bonchev–Trinajstić information content (AvgIpc) is 2.44. The van der Waals surface area contributed by atoms with E-state index >= 15 is 0 Å². The van der Waals surface area contributed by atoms with E-state index in [1.807, 2.05) is 0 Å². The molecule has 0 amide bonds. The fourth-order valence-electron chi connectivity index (χ4n) is 1.91. The molecule has 1 atom stereocenters. The minimum Gasteiger partial charge on any atom is -0.362 e. The summed E-state index contributed by atoms with van der Waals surface area (Å²) in [6.07, 6.45) is 8.27. The third-order valence-electron chi connectivity index (χ3n) is 3.46. The molecule has 0 aliphatic rings. The van der Waals surface area contributed by atoms with Crippen LogP contribution in [0.5, 0.6) is 0 Å². The molecule has 3 heteroatoms. The van der Waals surface area contributed by atoms with E-state index in [2.05, 4.69) is 44.4 Å². The van der Waals surface area contributed by atoms with E-state index in [1.54, 1.807) is 0 Å². The smallest absolute Gasteiger partial charge is 0.0994 e. The molecule has 0 radical (unpaired) electrons. The van der Waals surface area contributed by atoms with Crippen LogP contribution in [0.2, 0.25) is 0 Å². The Morgan fingerprint density at radius 1 is 0.947 bits per heavy atom. The SMILES string of the molecule is CCCCCC(CSCCCC)OCN(CC)CC. The highest BCUT2D eigenvalue weighted by molar-refractivity contribution is 7.99. The molecular weight excluding hydrogens is 254 g/mol. The minimum absolute atomic E-state index is 0.453. The Balaban J connectivity index is 3.87. The molecule has 0 aromatic rings. The highest BCUT2D eigenvalue weighted by Crippen LogP contribution is 2.14. The molecule has 0 spiro atoms. The lowest BCUT2D eigenvalue weighted by molar-refractivity contribution is -0.0124. The predicted molar refractivity (Wildman–Crippen MR) is 89.0 cm³/mol. The van der Waals surface area contributed by atoms with Crippen molar-refractivity contribution in [3.8, 4) is 0 Å². The maximum atomic E-state index is 6.12. The van der Waals surface area contributed by atoms with Gasteiger partial charge >= 0.3 is 0 Å². The quantitative estimate of drug-likeness (QED) is 0.337. The molecule has 1 unspecified atom stereocenters. The zero-order valence-electron chi connectivity index (χ0n) is 13.6. The molecule has 19 heavy (non-hydrogen) atoms. The summed E-state index contributed by atoms with van der Waals surface area (Å²) >= 11 is 2.07. The van der Waals surface area contributed by atoms with Crippen LogP contribution >= 0.6 is 11.8 Å². The van der Waals surface area contributed by atoms with Crippen LogP contribution in [-0.2, 0) is 4.74 Å². The first kappa shape index (κ1) is 19.3. The normalized spacial score (nSPS) is 13.1. The van der Waals surface area contributed by atoms with Gasteiger partial charge in [-0.15, -0.1) is 0 Å². The summed E-state index contributed by atoms with van der Waals surface area (Å²) in [4.78, 5) is 2.35. The van der Waals surface area contributed by atoms with Gasteiger partial charge in [-0.25, -0.2) is 0 Å². The summed E-state index contributed by atoms with van der Waals surface area (Å²) in [5.41, 5.74) is 0. The highest BCUT2D eigenvalue weighted by atomic mass is 32.2. The Morgan fingerprint density at radius 2 is 1.63 bits per heavy atom. The van der Waals surface area contributed by atoms with Crippen LogP contribution in [0.4, 0.5) is 0 Å². The van der Waals surface area contributed by atoms with Crippen molar-refractivity contribution in [3.05, 3.63) is 0 Å². The third kappa shape index (κ3) is 11.8. The van der Waals surface area contributed by atoms with Crippen molar-refractivity contribution in [2.75, 3.05) is 31.3 Å². The third-order valence-corrected chi connectivity index (χ3v) is 4.65. The number of thioether (sulfide) groups is 1. The van der Waals surface area contributed by atoms with Gasteiger partial charge in [-0.3, -0.25) is 4.90 Å². The summed E-state index contributed by atoms with van der Waals surface area (Å²) in [5.74, 6) is 2.46. The Morgan fingerprint density at radius 3 is 2.21 bits per heavy atom. The van der Waals surface area contributed by atoms with Gasteiger partial charge in [0.2, 0.25) is 0 Å². The van der Waals surface area contributed by atoms with Crippen LogP contribution in [0.3, 0.4) is 0 Å². The number of hydrogen-bond donors (Lipinski definition) is 0. The van der Waals surface area contributed by atoms with Gasteiger partial charge in [0.05, 0.1) is 12.8 Å². The van der Waals surface area contributed by atoms with E-state index in [4.69, 9.17) is 4.74 Å². The maximum Gasteiger partial charge on any atom is 0.0994 e. The van der Waals surface area contributed by atoms with E-state index in [1.165, 1.54) is 50.0 Å². The number of rotatable bonds is 14. The standard InChI is InChI=1S/C16H35NOS/c1-5-9-11-12-16(14-19-13-10-6-2)18-15-17(7-3)8-4/h16H,5-15H2,1-4H3. The van der Waals surface area contributed by atoms with E-state index in [0.717, 1.165) is 19.8 Å². The second-order valence-corrected chi connectivity index (χ2v) is 6.30. The first-order valence-corrected chi connectivity index (χ1v) is 9.35. The van der Waals surface area contributed by atoms with Gasteiger partial charge in [0.15, 0.2) is 0 Å². The van der Waals surface area contributed by atoms with Crippen molar-refractivity contribution in [2.45, 2.75) is 72.3 Å². The van der Waals surface area contributed by atoms with Crippen LogP contribution < -0.4 is 0 Å². The second kappa shape index (κ2) is 14.7. The topological polar surface area (TPSA) is 12.5 Å². The van der Waals surface area contributed by atoms with E-state index < -0.39 is 0 Å². The van der Waals surface area contributed by atoms with Gasteiger partial charge in [-0.2, -0.15) is 11.8 Å². The van der Waals surface area contributed by atoms with Crippen molar-refractivity contribution in [1.29, 1.82) is 0 Å². The van der Waals surface area contributed by atoms with Crippen LogP contribution in [0.15, 0.2) is 0 Å². The highest BCUT2D eigenvalue weighted by Gasteiger charge is 2.10. The van der Waals surface area contributed by atoms with Gasteiger partial charge in [0, 0.05) is 5.75 Å². The number of nitrogens with zero attached hydrogens (tertiary/aromatic N) is 1. The van der Waals surface area contributed by atoms with E-state index in [0.29, 0.717) is 6.10 Å². The van der Waals surface area contributed by atoms with Crippen molar-refractivity contribution in [1.82, 2.24) is 4.90 Å². The predicted octanol–water partition coefficient (Wildman–Crippen LogP) is 4.78. The van der Waals surface area contributed by atoms with Gasteiger partial charge in [0.25, 0.3) is 0 Å². The van der Waals surface area contributed by atoms with Crippen molar-refractivity contribution in [3.63, 3.8) is 0 Å². The van der Waals surface area contributed by atoms with E-state index in [-0.39, 0.29) is 0 Å². The Hall–Kier alpha value is 0.270. The van der Waals surface area contributed by atoms with Crippen LogP contribution in [0.25, 0.3) is 0 Å². The Labute approximate surface area is 125 Å². The summed E-state index contributed by atoms with van der Waals surface area (Å²) in [6, 6.07) is 0. The van der Waals surface area contributed by atoms with Gasteiger partial charge in [0.1, 0.15) is 0 Å². The summed E-state index contributed by atoms with van der Waals surface area (Å²) in [5, 5.41) is 0. The molecule has 0 aromatic heterocycles. The minimum atomic E-state index is 0.453. The largest absolute Gasteiger partial charge is 0.362 e. The molecule has 0 saturated carbocycles. The molecule has 0 bridgehead atoms. The fourth-order valence-corrected chi connectivity index (χ4v) is 3.10. The number of hydrogen-bond acceptors (Lipinski definition) is 3. The molecule has 0 fully saturated rings. The van der Waals surface area contributed by atoms with E-state index in [9.17, 15) is 0 Å². The lowest BCUT2D eigenvalue weighted by Crippen LogP contribution is -2.30. The summed E-state index contributed by atoms with van der Waals surface area (Å²) < 4.78 is 6.12. The molecule has 116 valence electrons. The van der Waals surface area contributed by atoms with Crippen LogP contribution in [0, 0.1) is 0 Å². The maximum absolute atomic E-state index is 6.12. The number of unbranched alkanes of at least 4 members (excludes halogenated alkanes) is 3. The molecule has 0 aromatic carbocycles. The molecule has 0 rings (SSSR count). The fraction of sp³-hybridized carbons (Fsp3) is 1.00. The molecule has 0 heterocycles. The molecular formula is C16H35NOS. The van der Waals surface area contributed by atoms with Gasteiger partial charge in [-0.05, 0) is 31.7 Å². The molecule has 2 nitrogen and oxygen atoms in total. The number of ether oxygens (including phenoxy) is 1. The Kier molecular flexibility index (Phi) is 14.9. The molecule has 0 aliphatic carbocycles.